The zero-order chi connectivity index (χ0) is 12.1. The van der Waals surface area contributed by atoms with E-state index in [2.05, 4.69) is 10.2 Å². The summed E-state index contributed by atoms with van der Waals surface area (Å²) in [6.07, 6.45) is 2.64. The van der Waals surface area contributed by atoms with Crippen LogP contribution >= 0.6 is 11.6 Å². The Balaban J connectivity index is 1.68. The highest BCUT2D eigenvalue weighted by Crippen LogP contribution is 2.15. The van der Waals surface area contributed by atoms with E-state index in [9.17, 15) is 4.39 Å². The Kier molecular flexibility index (Phi) is 4.77. The largest absolute Gasteiger partial charge is 0.311 e. The molecular weight excluding hydrogens is 239 g/mol. The van der Waals surface area contributed by atoms with Gasteiger partial charge in [0.1, 0.15) is 5.82 Å². The van der Waals surface area contributed by atoms with Crippen molar-refractivity contribution < 1.29 is 4.39 Å². The van der Waals surface area contributed by atoms with Crippen LogP contribution in [0.1, 0.15) is 18.4 Å². The molecule has 1 aliphatic heterocycles. The third-order valence-corrected chi connectivity index (χ3v) is 3.42. The fourth-order valence-corrected chi connectivity index (χ4v) is 2.24. The molecule has 0 aliphatic carbocycles. The molecule has 2 nitrogen and oxygen atoms in total. The maximum absolute atomic E-state index is 13.2. The maximum Gasteiger partial charge on any atom is 0.142 e. The summed E-state index contributed by atoms with van der Waals surface area (Å²) in [6.45, 7) is 5.16. The van der Waals surface area contributed by atoms with E-state index >= 15 is 0 Å². The van der Waals surface area contributed by atoms with Crippen LogP contribution in [0.25, 0.3) is 0 Å². The minimum atomic E-state index is -0.342. The standard InChI is InChI=1S/C13H18ClFN2/c14-12-4-3-11(9-13(12)15)10-16-5-8-17-6-1-2-7-17/h3-4,9,16H,1-2,5-8,10H2. The maximum atomic E-state index is 13.2. The van der Waals surface area contributed by atoms with Gasteiger partial charge in [0.15, 0.2) is 0 Å². The number of nitrogens with zero attached hydrogens (tertiary/aromatic N) is 1. The van der Waals surface area contributed by atoms with E-state index in [0.29, 0.717) is 6.54 Å². The van der Waals surface area contributed by atoms with E-state index < -0.39 is 0 Å². The van der Waals surface area contributed by atoms with Crippen LogP contribution in [-0.4, -0.2) is 31.1 Å². The summed E-state index contributed by atoms with van der Waals surface area (Å²) in [7, 11) is 0. The molecule has 1 heterocycles. The highest BCUT2D eigenvalue weighted by Gasteiger charge is 2.10. The zero-order valence-electron chi connectivity index (χ0n) is 9.88. The van der Waals surface area contributed by atoms with Gasteiger partial charge in [0.25, 0.3) is 0 Å². The number of hydrogen-bond donors (Lipinski definition) is 1. The molecule has 2 rings (SSSR count). The predicted octanol–water partition coefficient (Wildman–Crippen LogP) is 2.66. The minimum Gasteiger partial charge on any atom is -0.311 e. The molecule has 0 atom stereocenters. The Morgan fingerprint density at radius 2 is 2.06 bits per heavy atom. The van der Waals surface area contributed by atoms with Gasteiger partial charge in [-0.25, -0.2) is 4.39 Å². The molecule has 4 heteroatoms. The van der Waals surface area contributed by atoms with Gasteiger partial charge in [-0.05, 0) is 43.6 Å². The Bertz CT molecular complexity index is 364. The van der Waals surface area contributed by atoms with Crippen molar-refractivity contribution >= 4 is 11.6 Å². The lowest BCUT2D eigenvalue weighted by Gasteiger charge is -2.14. The third-order valence-electron chi connectivity index (χ3n) is 3.12. The monoisotopic (exact) mass is 256 g/mol. The van der Waals surface area contributed by atoms with Gasteiger partial charge in [0.05, 0.1) is 5.02 Å². The number of rotatable bonds is 5. The Hall–Kier alpha value is -0.640. The summed E-state index contributed by atoms with van der Waals surface area (Å²) in [5, 5.41) is 3.51. The number of benzene rings is 1. The Morgan fingerprint density at radius 1 is 1.29 bits per heavy atom. The minimum absolute atomic E-state index is 0.186. The molecule has 0 aromatic heterocycles. The quantitative estimate of drug-likeness (QED) is 0.815. The van der Waals surface area contributed by atoms with Crippen molar-refractivity contribution in [2.75, 3.05) is 26.2 Å². The van der Waals surface area contributed by atoms with Gasteiger partial charge in [0.2, 0.25) is 0 Å². The van der Waals surface area contributed by atoms with Crippen molar-refractivity contribution in [2.45, 2.75) is 19.4 Å². The highest BCUT2D eigenvalue weighted by molar-refractivity contribution is 6.30. The molecule has 0 saturated carbocycles. The summed E-state index contributed by atoms with van der Waals surface area (Å²) in [4.78, 5) is 2.45. The summed E-state index contributed by atoms with van der Waals surface area (Å²) >= 11 is 5.63. The predicted molar refractivity (Wildman–Crippen MR) is 68.8 cm³/mol. The molecule has 1 saturated heterocycles. The summed E-state index contributed by atoms with van der Waals surface area (Å²) < 4.78 is 13.2. The molecule has 1 aromatic carbocycles. The van der Waals surface area contributed by atoms with E-state index in [1.807, 2.05) is 6.07 Å². The first kappa shape index (κ1) is 12.8. The van der Waals surface area contributed by atoms with Crippen molar-refractivity contribution in [2.24, 2.45) is 0 Å². The van der Waals surface area contributed by atoms with Gasteiger partial charge in [-0.1, -0.05) is 17.7 Å². The second-order valence-electron chi connectivity index (χ2n) is 4.47. The van der Waals surface area contributed by atoms with Crippen LogP contribution in [-0.2, 0) is 6.54 Å². The summed E-state index contributed by atoms with van der Waals surface area (Å²) in [5.74, 6) is -0.342. The van der Waals surface area contributed by atoms with E-state index in [4.69, 9.17) is 11.6 Å². The van der Waals surface area contributed by atoms with E-state index in [1.165, 1.54) is 32.0 Å². The van der Waals surface area contributed by atoms with Crippen molar-refractivity contribution in [1.82, 2.24) is 10.2 Å². The van der Waals surface area contributed by atoms with Crippen molar-refractivity contribution in [3.63, 3.8) is 0 Å². The van der Waals surface area contributed by atoms with E-state index in [-0.39, 0.29) is 10.8 Å². The Labute approximate surface area is 107 Å². The molecule has 0 radical (unpaired) electrons. The summed E-state index contributed by atoms with van der Waals surface area (Å²) in [5.41, 5.74) is 0.938. The molecule has 0 amide bonds. The van der Waals surface area contributed by atoms with Crippen molar-refractivity contribution in [3.05, 3.63) is 34.6 Å². The first-order valence-electron chi connectivity index (χ1n) is 6.13. The lowest BCUT2D eigenvalue weighted by molar-refractivity contribution is 0.335. The molecule has 1 aliphatic rings. The molecule has 0 bridgehead atoms. The first-order chi connectivity index (χ1) is 8.25. The number of hydrogen-bond acceptors (Lipinski definition) is 2. The van der Waals surface area contributed by atoms with Gasteiger partial charge in [-0.2, -0.15) is 0 Å². The third kappa shape index (κ3) is 3.95. The van der Waals surface area contributed by atoms with Gasteiger partial charge in [-0.15, -0.1) is 0 Å². The van der Waals surface area contributed by atoms with Crippen LogP contribution in [0.2, 0.25) is 5.02 Å². The molecule has 0 unspecified atom stereocenters. The van der Waals surface area contributed by atoms with Crippen molar-refractivity contribution in [1.29, 1.82) is 0 Å². The van der Waals surface area contributed by atoms with E-state index in [1.54, 1.807) is 6.07 Å². The number of likely N-dealkylation sites (tertiary alicyclic amines) is 1. The normalized spacial score (nSPS) is 16.6. The molecule has 0 spiro atoms. The van der Waals surface area contributed by atoms with Gasteiger partial charge < -0.3 is 10.2 Å². The molecule has 1 fully saturated rings. The average molecular weight is 257 g/mol. The van der Waals surface area contributed by atoms with E-state index in [0.717, 1.165) is 18.7 Å². The lowest BCUT2D eigenvalue weighted by Crippen LogP contribution is -2.29. The van der Waals surface area contributed by atoms with Crippen LogP contribution in [0.15, 0.2) is 18.2 Å². The van der Waals surface area contributed by atoms with Gasteiger partial charge in [0, 0.05) is 19.6 Å². The fourth-order valence-electron chi connectivity index (χ4n) is 2.13. The van der Waals surface area contributed by atoms with Gasteiger partial charge >= 0.3 is 0 Å². The summed E-state index contributed by atoms with van der Waals surface area (Å²) in [6, 6.07) is 4.95. The molecule has 94 valence electrons. The second kappa shape index (κ2) is 6.34. The fraction of sp³-hybridized carbons (Fsp3) is 0.538. The Morgan fingerprint density at radius 3 is 2.76 bits per heavy atom. The smallest absolute Gasteiger partial charge is 0.142 e. The van der Waals surface area contributed by atoms with Crippen molar-refractivity contribution in [3.8, 4) is 0 Å². The zero-order valence-corrected chi connectivity index (χ0v) is 10.6. The topological polar surface area (TPSA) is 15.3 Å². The molecule has 1 N–H and O–H groups in total. The average Bonchev–Trinajstić information content (AvgIpc) is 2.82. The van der Waals surface area contributed by atoms with Crippen LogP contribution < -0.4 is 5.32 Å². The second-order valence-corrected chi connectivity index (χ2v) is 4.88. The van der Waals surface area contributed by atoms with Crippen LogP contribution in [0, 0.1) is 5.82 Å². The number of nitrogens with one attached hydrogen (secondary N) is 1. The van der Waals surface area contributed by atoms with Gasteiger partial charge in [-0.3, -0.25) is 0 Å². The van der Waals surface area contributed by atoms with Crippen LogP contribution in [0.4, 0.5) is 4.39 Å². The SMILES string of the molecule is Fc1cc(CNCCN2CCCC2)ccc1Cl. The molecule has 1 aromatic rings. The lowest BCUT2D eigenvalue weighted by atomic mass is 10.2. The molecular formula is C13H18ClFN2. The number of halogens is 2. The highest BCUT2D eigenvalue weighted by atomic mass is 35.5. The first-order valence-corrected chi connectivity index (χ1v) is 6.50. The molecule has 17 heavy (non-hydrogen) atoms. The van der Waals surface area contributed by atoms with Crippen LogP contribution in [0.3, 0.4) is 0 Å². The van der Waals surface area contributed by atoms with Crippen LogP contribution in [0.5, 0.6) is 0 Å².